The minimum atomic E-state index is -0.0529. The fraction of sp³-hybridized carbons (Fsp3) is 0.300. The molecule has 4 rings (SSSR count). The molecule has 1 aliphatic heterocycles. The number of nitrogens with zero attached hydrogens (tertiary/aromatic N) is 4. The van der Waals surface area contributed by atoms with Crippen LogP contribution in [0.15, 0.2) is 59.3 Å². The van der Waals surface area contributed by atoms with Gasteiger partial charge in [0.15, 0.2) is 12.4 Å². The zero-order valence-corrected chi connectivity index (χ0v) is 16.1. The van der Waals surface area contributed by atoms with Crippen LogP contribution in [-0.2, 0) is 13.3 Å². The van der Waals surface area contributed by atoms with Crippen molar-refractivity contribution in [2.24, 2.45) is 0 Å². The van der Waals surface area contributed by atoms with Crippen molar-refractivity contribution in [3.05, 3.63) is 71.4 Å². The summed E-state index contributed by atoms with van der Waals surface area (Å²) in [5.41, 5.74) is 0.430. The quantitative estimate of drug-likeness (QED) is 0.636. The van der Waals surface area contributed by atoms with Gasteiger partial charge in [-0.3, -0.25) is 9.69 Å². The van der Waals surface area contributed by atoms with Crippen LogP contribution in [0.25, 0.3) is 0 Å². The maximum Gasteiger partial charge on any atom is 0.274 e. The molecule has 1 saturated heterocycles. The standard InChI is InChI=1S/C20H21ClN4O3/c21-16-3-5-17(6-4-16)28-15-25-8-7-19(22-25)20(26)24-11-9-23(10-12-24)14-18-2-1-13-27-18/h1-8,13H,9-12,14-15H2. The first-order valence-electron chi connectivity index (χ1n) is 9.13. The van der Waals surface area contributed by atoms with Crippen molar-refractivity contribution in [1.82, 2.24) is 19.6 Å². The third kappa shape index (κ3) is 4.55. The Bertz CT molecular complexity index is 900. The van der Waals surface area contributed by atoms with Crippen molar-refractivity contribution in [3.8, 4) is 5.75 Å². The number of halogens is 1. The zero-order chi connectivity index (χ0) is 19.3. The monoisotopic (exact) mass is 400 g/mol. The highest BCUT2D eigenvalue weighted by Crippen LogP contribution is 2.16. The maximum atomic E-state index is 12.7. The molecule has 0 aliphatic carbocycles. The summed E-state index contributed by atoms with van der Waals surface area (Å²) in [6, 6.07) is 12.7. The number of hydrogen-bond acceptors (Lipinski definition) is 5. The lowest BCUT2D eigenvalue weighted by Crippen LogP contribution is -2.48. The number of hydrogen-bond donors (Lipinski definition) is 0. The molecule has 1 aromatic carbocycles. The number of benzene rings is 1. The second-order valence-corrected chi connectivity index (χ2v) is 7.05. The van der Waals surface area contributed by atoms with E-state index < -0.39 is 0 Å². The minimum Gasteiger partial charge on any atom is -0.471 e. The number of rotatable bonds is 6. The Kier molecular flexibility index (Phi) is 5.64. The van der Waals surface area contributed by atoms with E-state index in [0.29, 0.717) is 29.6 Å². The molecule has 0 atom stereocenters. The molecule has 146 valence electrons. The SMILES string of the molecule is O=C(c1ccn(COc2ccc(Cl)cc2)n1)N1CCN(Cc2ccco2)CC1. The van der Waals surface area contributed by atoms with Crippen molar-refractivity contribution in [2.75, 3.05) is 26.2 Å². The van der Waals surface area contributed by atoms with Crippen molar-refractivity contribution in [2.45, 2.75) is 13.3 Å². The van der Waals surface area contributed by atoms with E-state index in [2.05, 4.69) is 10.00 Å². The first-order valence-corrected chi connectivity index (χ1v) is 9.51. The van der Waals surface area contributed by atoms with Gasteiger partial charge in [-0.05, 0) is 42.5 Å². The van der Waals surface area contributed by atoms with Gasteiger partial charge in [0.25, 0.3) is 5.91 Å². The molecule has 0 unspecified atom stereocenters. The Labute approximate surface area is 168 Å². The van der Waals surface area contributed by atoms with Gasteiger partial charge in [0.05, 0.1) is 12.8 Å². The van der Waals surface area contributed by atoms with E-state index in [1.807, 2.05) is 17.0 Å². The lowest BCUT2D eigenvalue weighted by molar-refractivity contribution is 0.0613. The van der Waals surface area contributed by atoms with Crippen LogP contribution < -0.4 is 4.74 Å². The Morgan fingerprint density at radius 2 is 1.89 bits per heavy atom. The van der Waals surface area contributed by atoms with Crippen LogP contribution in [0.3, 0.4) is 0 Å². The van der Waals surface area contributed by atoms with Crippen molar-refractivity contribution >= 4 is 17.5 Å². The molecule has 7 nitrogen and oxygen atoms in total. The Balaban J connectivity index is 1.27. The lowest BCUT2D eigenvalue weighted by Gasteiger charge is -2.33. The second kappa shape index (κ2) is 8.50. The average Bonchev–Trinajstić information content (AvgIpc) is 3.40. The number of aromatic nitrogens is 2. The first-order chi connectivity index (χ1) is 13.7. The molecule has 0 bridgehead atoms. The molecule has 1 amide bonds. The number of amides is 1. The normalized spacial score (nSPS) is 15.0. The number of furan rings is 1. The highest BCUT2D eigenvalue weighted by molar-refractivity contribution is 6.30. The van der Waals surface area contributed by atoms with Gasteiger partial charge in [-0.1, -0.05) is 11.6 Å². The highest BCUT2D eigenvalue weighted by Gasteiger charge is 2.24. The molecule has 1 aliphatic rings. The summed E-state index contributed by atoms with van der Waals surface area (Å²) >= 11 is 5.86. The van der Waals surface area contributed by atoms with E-state index in [9.17, 15) is 4.79 Å². The predicted octanol–water partition coefficient (Wildman–Crippen LogP) is 3.12. The second-order valence-electron chi connectivity index (χ2n) is 6.62. The Morgan fingerprint density at radius 1 is 1.11 bits per heavy atom. The first kappa shape index (κ1) is 18.6. The fourth-order valence-corrected chi connectivity index (χ4v) is 3.24. The van der Waals surface area contributed by atoms with E-state index >= 15 is 0 Å². The van der Waals surface area contributed by atoms with Crippen molar-refractivity contribution < 1.29 is 13.9 Å². The summed E-state index contributed by atoms with van der Waals surface area (Å²) in [7, 11) is 0. The van der Waals surface area contributed by atoms with Gasteiger partial charge < -0.3 is 14.1 Å². The third-order valence-corrected chi connectivity index (χ3v) is 4.91. The number of carbonyl (C=O) groups excluding carboxylic acids is 1. The van der Waals surface area contributed by atoms with E-state index in [-0.39, 0.29) is 12.6 Å². The van der Waals surface area contributed by atoms with Crippen LogP contribution in [-0.4, -0.2) is 51.7 Å². The smallest absolute Gasteiger partial charge is 0.274 e. The van der Waals surface area contributed by atoms with Gasteiger partial charge >= 0.3 is 0 Å². The molecule has 1 fully saturated rings. The Morgan fingerprint density at radius 3 is 2.61 bits per heavy atom. The van der Waals surface area contributed by atoms with Gasteiger partial charge in [0, 0.05) is 37.4 Å². The summed E-state index contributed by atoms with van der Waals surface area (Å²) in [4.78, 5) is 16.8. The summed E-state index contributed by atoms with van der Waals surface area (Å²) < 4.78 is 12.6. The molecule has 0 radical (unpaired) electrons. The molecule has 8 heteroatoms. The molecule has 3 heterocycles. The summed E-state index contributed by atoms with van der Waals surface area (Å²) in [6.07, 6.45) is 3.43. The van der Waals surface area contributed by atoms with Crippen LogP contribution in [0, 0.1) is 0 Å². The Hall–Kier alpha value is -2.77. The van der Waals surface area contributed by atoms with Gasteiger partial charge in [-0.2, -0.15) is 5.10 Å². The summed E-state index contributed by atoms with van der Waals surface area (Å²) in [5.74, 6) is 1.59. The predicted molar refractivity (Wildman–Crippen MR) is 104 cm³/mol. The summed E-state index contributed by atoms with van der Waals surface area (Å²) in [5, 5.41) is 5.00. The average molecular weight is 401 g/mol. The van der Waals surface area contributed by atoms with E-state index in [1.165, 1.54) is 0 Å². The molecular formula is C20H21ClN4O3. The fourth-order valence-electron chi connectivity index (χ4n) is 3.11. The topological polar surface area (TPSA) is 63.7 Å². The zero-order valence-electron chi connectivity index (χ0n) is 15.3. The van der Waals surface area contributed by atoms with Gasteiger partial charge in [0.2, 0.25) is 0 Å². The lowest BCUT2D eigenvalue weighted by atomic mass is 10.2. The highest BCUT2D eigenvalue weighted by atomic mass is 35.5. The van der Waals surface area contributed by atoms with Gasteiger partial charge in [0.1, 0.15) is 11.5 Å². The van der Waals surface area contributed by atoms with Crippen LogP contribution in [0.4, 0.5) is 0 Å². The number of piperazine rings is 1. The molecule has 0 saturated carbocycles. The molecule has 3 aromatic rings. The number of ether oxygens (including phenoxy) is 1. The van der Waals surface area contributed by atoms with Crippen LogP contribution in [0.2, 0.25) is 5.02 Å². The maximum absolute atomic E-state index is 12.7. The van der Waals surface area contributed by atoms with Gasteiger partial charge in [-0.25, -0.2) is 4.68 Å². The largest absolute Gasteiger partial charge is 0.471 e. The van der Waals surface area contributed by atoms with Crippen molar-refractivity contribution in [1.29, 1.82) is 0 Å². The third-order valence-electron chi connectivity index (χ3n) is 4.66. The van der Waals surface area contributed by atoms with E-state index in [4.69, 9.17) is 20.8 Å². The van der Waals surface area contributed by atoms with Crippen LogP contribution in [0.1, 0.15) is 16.2 Å². The van der Waals surface area contributed by atoms with Gasteiger partial charge in [-0.15, -0.1) is 0 Å². The van der Waals surface area contributed by atoms with Crippen LogP contribution in [0.5, 0.6) is 5.75 Å². The van der Waals surface area contributed by atoms with E-state index in [0.717, 1.165) is 25.4 Å². The molecule has 0 spiro atoms. The minimum absolute atomic E-state index is 0.0529. The van der Waals surface area contributed by atoms with Crippen LogP contribution >= 0.6 is 11.6 Å². The number of carbonyl (C=O) groups is 1. The van der Waals surface area contributed by atoms with Crippen molar-refractivity contribution in [3.63, 3.8) is 0 Å². The molecular weight excluding hydrogens is 380 g/mol. The molecule has 28 heavy (non-hydrogen) atoms. The molecule has 2 aromatic heterocycles. The summed E-state index contributed by atoms with van der Waals surface area (Å²) in [6.45, 7) is 3.97. The molecule has 0 N–H and O–H groups in total. The van der Waals surface area contributed by atoms with E-state index in [1.54, 1.807) is 47.5 Å².